The van der Waals surface area contributed by atoms with Crippen molar-refractivity contribution in [3.05, 3.63) is 70.5 Å². The first-order valence-corrected chi connectivity index (χ1v) is 7.57. The Morgan fingerprint density at radius 1 is 1.32 bits per heavy atom. The number of rotatable bonds is 3. The van der Waals surface area contributed by atoms with Crippen molar-refractivity contribution < 1.29 is 9.18 Å². The Kier molecular flexibility index (Phi) is 4.46. The van der Waals surface area contributed by atoms with E-state index in [0.29, 0.717) is 16.5 Å². The zero-order valence-corrected chi connectivity index (χ0v) is 13.8. The molecule has 1 aromatic heterocycles. The molecule has 2 aromatic carbocycles. The molecule has 8 heteroatoms. The van der Waals surface area contributed by atoms with Crippen LogP contribution in [0.5, 0.6) is 0 Å². The lowest BCUT2D eigenvalue weighted by Crippen LogP contribution is -2.14. The molecule has 0 aliphatic carbocycles. The maximum Gasteiger partial charge on any atom is 0.295 e. The zero-order chi connectivity index (χ0) is 18.0. The number of anilines is 1. The number of amides is 1. The van der Waals surface area contributed by atoms with Gasteiger partial charge in [0.25, 0.3) is 5.91 Å². The first-order valence-electron chi connectivity index (χ1n) is 7.19. The molecule has 0 saturated heterocycles. The molecular formula is C17H11ClFN5O. The number of halogens is 2. The van der Waals surface area contributed by atoms with Crippen LogP contribution in [0.3, 0.4) is 0 Å². The molecule has 0 unspecified atom stereocenters. The van der Waals surface area contributed by atoms with Crippen LogP contribution in [0.2, 0.25) is 5.02 Å². The number of nitriles is 1. The van der Waals surface area contributed by atoms with Crippen molar-refractivity contribution in [1.82, 2.24) is 14.8 Å². The van der Waals surface area contributed by atoms with Crippen molar-refractivity contribution in [3.8, 4) is 11.8 Å². The first-order chi connectivity index (χ1) is 12.0. The number of nitrogens with zero attached hydrogens (tertiary/aromatic N) is 4. The van der Waals surface area contributed by atoms with E-state index >= 15 is 0 Å². The lowest BCUT2D eigenvalue weighted by molar-refractivity contribution is 0.101. The van der Waals surface area contributed by atoms with Crippen LogP contribution in [0.1, 0.15) is 22.0 Å². The van der Waals surface area contributed by atoms with E-state index in [-0.39, 0.29) is 17.1 Å². The molecule has 3 aromatic rings. The summed E-state index contributed by atoms with van der Waals surface area (Å²) in [5.41, 5.74) is 0.708. The van der Waals surface area contributed by atoms with E-state index in [0.717, 1.165) is 6.07 Å². The number of benzene rings is 2. The molecule has 0 atom stereocenters. The number of hydrogen-bond acceptors (Lipinski definition) is 4. The average Bonchev–Trinajstić information content (AvgIpc) is 2.99. The molecule has 1 amide bonds. The van der Waals surface area contributed by atoms with Gasteiger partial charge in [-0.15, -0.1) is 5.10 Å². The molecule has 25 heavy (non-hydrogen) atoms. The summed E-state index contributed by atoms with van der Waals surface area (Å²) < 4.78 is 14.8. The van der Waals surface area contributed by atoms with Crippen LogP contribution >= 0.6 is 11.6 Å². The summed E-state index contributed by atoms with van der Waals surface area (Å²) >= 11 is 6.14. The van der Waals surface area contributed by atoms with Gasteiger partial charge in [0.2, 0.25) is 5.82 Å². The number of aromatic nitrogens is 3. The van der Waals surface area contributed by atoms with E-state index in [2.05, 4.69) is 15.4 Å². The van der Waals surface area contributed by atoms with Crippen LogP contribution in [0.4, 0.5) is 10.1 Å². The van der Waals surface area contributed by atoms with Crippen molar-refractivity contribution in [2.75, 3.05) is 5.32 Å². The van der Waals surface area contributed by atoms with Crippen molar-refractivity contribution in [2.24, 2.45) is 0 Å². The Balaban J connectivity index is 1.88. The fourth-order valence-electron chi connectivity index (χ4n) is 2.21. The predicted octanol–water partition coefficient (Wildman–Crippen LogP) is 3.49. The average molecular weight is 356 g/mol. The number of hydrogen-bond donors (Lipinski definition) is 1. The smallest absolute Gasteiger partial charge is 0.295 e. The second kappa shape index (κ2) is 6.71. The molecule has 0 aliphatic heterocycles. The van der Waals surface area contributed by atoms with Gasteiger partial charge in [0, 0.05) is 5.69 Å². The molecule has 0 bridgehead atoms. The van der Waals surface area contributed by atoms with Gasteiger partial charge < -0.3 is 5.32 Å². The Morgan fingerprint density at radius 2 is 2.08 bits per heavy atom. The lowest BCUT2D eigenvalue weighted by Gasteiger charge is -2.04. The maximum atomic E-state index is 13.3. The van der Waals surface area contributed by atoms with Gasteiger partial charge in [0.1, 0.15) is 17.7 Å². The van der Waals surface area contributed by atoms with Crippen LogP contribution in [-0.2, 0) is 0 Å². The van der Waals surface area contributed by atoms with Crippen molar-refractivity contribution in [3.63, 3.8) is 0 Å². The summed E-state index contributed by atoms with van der Waals surface area (Å²) in [5, 5.41) is 16.0. The Hall–Kier alpha value is -3.24. The molecule has 1 N–H and O–H groups in total. The Bertz CT molecular complexity index is 1010. The lowest BCUT2D eigenvalue weighted by atomic mass is 10.2. The minimum absolute atomic E-state index is 0.0692. The van der Waals surface area contributed by atoms with E-state index in [1.807, 2.05) is 0 Å². The topological polar surface area (TPSA) is 83.6 Å². The van der Waals surface area contributed by atoms with E-state index in [4.69, 9.17) is 16.9 Å². The summed E-state index contributed by atoms with van der Waals surface area (Å²) in [7, 11) is 0. The highest BCUT2D eigenvalue weighted by Gasteiger charge is 2.17. The summed E-state index contributed by atoms with van der Waals surface area (Å²) in [6.45, 7) is 1.69. The molecule has 6 nitrogen and oxygen atoms in total. The third kappa shape index (κ3) is 3.34. The van der Waals surface area contributed by atoms with Gasteiger partial charge in [-0.25, -0.2) is 14.1 Å². The number of carbonyl (C=O) groups excluding carboxylic acids is 1. The fraction of sp³-hybridized carbons (Fsp3) is 0.0588. The monoisotopic (exact) mass is 355 g/mol. The highest BCUT2D eigenvalue weighted by molar-refractivity contribution is 6.32. The number of nitrogens with one attached hydrogen (secondary N) is 1. The largest absolute Gasteiger partial charge is 0.319 e. The quantitative estimate of drug-likeness (QED) is 0.779. The molecule has 124 valence electrons. The van der Waals surface area contributed by atoms with Crippen LogP contribution in [0.15, 0.2) is 42.5 Å². The van der Waals surface area contributed by atoms with E-state index in [9.17, 15) is 9.18 Å². The second-order valence-corrected chi connectivity index (χ2v) is 5.51. The minimum Gasteiger partial charge on any atom is -0.319 e. The zero-order valence-electron chi connectivity index (χ0n) is 13.0. The Labute approximate surface area is 147 Å². The summed E-state index contributed by atoms with van der Waals surface area (Å²) in [6.07, 6.45) is 0. The van der Waals surface area contributed by atoms with Gasteiger partial charge in [0.15, 0.2) is 0 Å². The maximum absolute atomic E-state index is 13.3. The fourth-order valence-corrected chi connectivity index (χ4v) is 2.43. The standard InChI is InChI=1S/C17H11ClFN5O/c1-10-21-16(23-24(10)15-5-3-2-4-13(15)18)17(25)22-12-6-7-14(19)11(8-12)9-20/h2-8H,1H3,(H,22,25). The normalized spacial score (nSPS) is 10.3. The van der Waals surface area contributed by atoms with Crippen molar-refractivity contribution in [2.45, 2.75) is 6.92 Å². The number of aryl methyl sites for hydroxylation is 1. The van der Waals surface area contributed by atoms with Gasteiger partial charge >= 0.3 is 0 Å². The van der Waals surface area contributed by atoms with Gasteiger partial charge in [0.05, 0.1) is 16.3 Å². The summed E-state index contributed by atoms with van der Waals surface area (Å²) in [5.74, 6) is -0.822. The van der Waals surface area contributed by atoms with Gasteiger partial charge in [-0.1, -0.05) is 23.7 Å². The molecule has 0 fully saturated rings. The third-order valence-electron chi connectivity index (χ3n) is 3.40. The summed E-state index contributed by atoms with van der Waals surface area (Å²) in [4.78, 5) is 16.4. The SMILES string of the molecule is Cc1nc(C(=O)Nc2ccc(F)c(C#N)c2)nn1-c1ccccc1Cl. The number of carbonyl (C=O) groups is 1. The van der Waals surface area contributed by atoms with E-state index in [1.54, 1.807) is 37.3 Å². The van der Waals surface area contributed by atoms with Crippen molar-refractivity contribution in [1.29, 1.82) is 5.26 Å². The van der Waals surface area contributed by atoms with Crippen LogP contribution in [-0.4, -0.2) is 20.7 Å². The first kappa shape index (κ1) is 16.6. The van der Waals surface area contributed by atoms with Crippen LogP contribution < -0.4 is 5.32 Å². The molecule has 0 radical (unpaired) electrons. The highest BCUT2D eigenvalue weighted by Crippen LogP contribution is 2.20. The van der Waals surface area contributed by atoms with Crippen molar-refractivity contribution >= 4 is 23.2 Å². The predicted molar refractivity (Wildman–Crippen MR) is 90.2 cm³/mol. The molecule has 0 saturated carbocycles. The number of para-hydroxylation sites is 1. The molecule has 3 rings (SSSR count). The molecule has 0 spiro atoms. The second-order valence-electron chi connectivity index (χ2n) is 5.11. The van der Waals surface area contributed by atoms with Crippen LogP contribution in [0.25, 0.3) is 5.69 Å². The van der Waals surface area contributed by atoms with E-state index < -0.39 is 11.7 Å². The van der Waals surface area contributed by atoms with E-state index in [1.165, 1.54) is 16.8 Å². The van der Waals surface area contributed by atoms with Gasteiger partial charge in [-0.2, -0.15) is 5.26 Å². The van der Waals surface area contributed by atoms with Crippen LogP contribution in [0, 0.1) is 24.1 Å². The Morgan fingerprint density at radius 3 is 2.80 bits per heavy atom. The molecule has 0 aliphatic rings. The van der Waals surface area contributed by atoms with Gasteiger partial charge in [-0.05, 0) is 37.3 Å². The molecule has 1 heterocycles. The third-order valence-corrected chi connectivity index (χ3v) is 3.72. The summed E-state index contributed by atoms with van der Waals surface area (Å²) in [6, 6.07) is 12.5. The highest BCUT2D eigenvalue weighted by atomic mass is 35.5. The minimum atomic E-state index is -0.655. The van der Waals surface area contributed by atoms with Gasteiger partial charge in [-0.3, -0.25) is 4.79 Å². The molecular weight excluding hydrogens is 345 g/mol.